The molecule has 5 nitrogen and oxygen atoms in total. The minimum atomic E-state index is -0.367. The second-order valence-corrected chi connectivity index (χ2v) is 5.79. The quantitative estimate of drug-likeness (QED) is 0.582. The molecule has 2 aromatic rings. The van der Waals surface area contributed by atoms with Crippen LogP contribution in [0, 0.1) is 0 Å². The van der Waals surface area contributed by atoms with Gasteiger partial charge in [0.2, 0.25) is 0 Å². The molecule has 22 heavy (non-hydrogen) atoms. The molecule has 2 rings (SSSR count). The number of hydrogen-bond acceptors (Lipinski definition) is 4. The molecular formula is C16H19N3O2S. The normalized spacial score (nSPS) is 11.7. The van der Waals surface area contributed by atoms with Gasteiger partial charge in [-0.25, -0.2) is 4.79 Å². The first kappa shape index (κ1) is 16.2. The molecule has 0 saturated heterocycles. The maximum Gasteiger partial charge on any atom is 0.321 e. The van der Waals surface area contributed by atoms with E-state index < -0.39 is 0 Å². The Hall–Kier alpha value is -2.18. The number of carbonyl (C=O) groups excluding carboxylic acids is 1. The highest BCUT2D eigenvalue weighted by Gasteiger charge is 2.08. The molecule has 0 fully saturated rings. The van der Waals surface area contributed by atoms with Gasteiger partial charge in [0, 0.05) is 16.9 Å². The summed E-state index contributed by atoms with van der Waals surface area (Å²) in [6.07, 6.45) is -0.367. The molecule has 0 heterocycles. The molecule has 0 aromatic heterocycles. The number of benzene rings is 2. The Morgan fingerprint density at radius 1 is 1.18 bits per heavy atom. The highest BCUT2D eigenvalue weighted by Crippen LogP contribution is 2.31. The lowest BCUT2D eigenvalue weighted by Crippen LogP contribution is -2.37. The fourth-order valence-corrected chi connectivity index (χ4v) is 2.63. The summed E-state index contributed by atoms with van der Waals surface area (Å²) in [7, 11) is 1.52. The molecule has 0 aliphatic rings. The van der Waals surface area contributed by atoms with E-state index in [1.54, 1.807) is 24.8 Å². The first-order valence-electron chi connectivity index (χ1n) is 6.81. The molecule has 0 saturated carbocycles. The Labute approximate surface area is 134 Å². The SMILES string of the molecule is COC(C)NC(=O)Nc1ccc(Sc2ccccc2)cc1N. The van der Waals surface area contributed by atoms with Gasteiger partial charge < -0.3 is 21.1 Å². The van der Waals surface area contributed by atoms with Crippen LogP contribution in [0.1, 0.15) is 6.92 Å². The maximum atomic E-state index is 11.7. The first-order chi connectivity index (χ1) is 10.6. The molecule has 0 aliphatic heterocycles. The van der Waals surface area contributed by atoms with E-state index in [-0.39, 0.29) is 12.3 Å². The fourth-order valence-electron chi connectivity index (χ4n) is 1.74. The van der Waals surface area contributed by atoms with E-state index in [0.717, 1.165) is 9.79 Å². The number of ether oxygens (including phenoxy) is 1. The van der Waals surface area contributed by atoms with Crippen molar-refractivity contribution in [3.63, 3.8) is 0 Å². The number of nitrogen functional groups attached to an aromatic ring is 1. The molecule has 2 amide bonds. The Kier molecular flexibility index (Phi) is 5.68. The van der Waals surface area contributed by atoms with E-state index in [1.165, 1.54) is 7.11 Å². The van der Waals surface area contributed by atoms with E-state index in [1.807, 2.05) is 42.5 Å². The van der Waals surface area contributed by atoms with E-state index in [0.29, 0.717) is 11.4 Å². The van der Waals surface area contributed by atoms with E-state index in [9.17, 15) is 4.79 Å². The van der Waals surface area contributed by atoms with Gasteiger partial charge >= 0.3 is 6.03 Å². The standard InChI is InChI=1S/C16H19N3O2S/c1-11(21-2)18-16(20)19-15-9-8-13(10-14(15)17)22-12-6-4-3-5-7-12/h3-11H,17H2,1-2H3,(H2,18,19,20). The zero-order valence-corrected chi connectivity index (χ0v) is 13.3. The van der Waals surface area contributed by atoms with E-state index >= 15 is 0 Å². The number of hydrogen-bond donors (Lipinski definition) is 3. The van der Waals surface area contributed by atoms with Crippen molar-refractivity contribution in [1.29, 1.82) is 0 Å². The number of nitrogens with one attached hydrogen (secondary N) is 2. The van der Waals surface area contributed by atoms with Crippen molar-refractivity contribution in [2.24, 2.45) is 0 Å². The largest absolute Gasteiger partial charge is 0.397 e. The Bertz CT molecular complexity index is 635. The minimum absolute atomic E-state index is 0.357. The molecule has 0 aliphatic carbocycles. The lowest BCUT2D eigenvalue weighted by atomic mass is 10.3. The Morgan fingerprint density at radius 3 is 2.55 bits per heavy atom. The number of amides is 2. The van der Waals surface area contributed by atoms with Crippen LogP contribution in [0.3, 0.4) is 0 Å². The average Bonchev–Trinajstić information content (AvgIpc) is 2.51. The van der Waals surface area contributed by atoms with Crippen LogP contribution in [0.4, 0.5) is 16.2 Å². The third kappa shape index (κ3) is 4.68. The number of nitrogens with two attached hydrogens (primary N) is 1. The van der Waals surface area contributed by atoms with Crippen molar-refractivity contribution in [2.45, 2.75) is 22.9 Å². The van der Waals surface area contributed by atoms with Crippen LogP contribution in [0.25, 0.3) is 0 Å². The van der Waals surface area contributed by atoms with Crippen LogP contribution in [-0.2, 0) is 4.74 Å². The van der Waals surface area contributed by atoms with E-state index in [4.69, 9.17) is 10.5 Å². The lowest BCUT2D eigenvalue weighted by molar-refractivity contribution is 0.0984. The van der Waals surface area contributed by atoms with Crippen LogP contribution < -0.4 is 16.4 Å². The lowest BCUT2D eigenvalue weighted by Gasteiger charge is -2.14. The summed E-state index contributed by atoms with van der Waals surface area (Å²) in [4.78, 5) is 13.9. The summed E-state index contributed by atoms with van der Waals surface area (Å²) < 4.78 is 4.97. The summed E-state index contributed by atoms with van der Waals surface area (Å²) in [6.45, 7) is 1.74. The topological polar surface area (TPSA) is 76.4 Å². The molecule has 1 atom stereocenters. The van der Waals surface area contributed by atoms with Crippen molar-refractivity contribution in [3.05, 3.63) is 48.5 Å². The second-order valence-electron chi connectivity index (χ2n) is 4.64. The third-order valence-electron chi connectivity index (χ3n) is 2.94. The highest BCUT2D eigenvalue weighted by molar-refractivity contribution is 7.99. The number of urea groups is 1. The minimum Gasteiger partial charge on any atom is -0.397 e. The second kappa shape index (κ2) is 7.72. The molecular weight excluding hydrogens is 298 g/mol. The molecule has 0 radical (unpaired) electrons. The number of methoxy groups -OCH3 is 1. The monoisotopic (exact) mass is 317 g/mol. The summed E-state index contributed by atoms with van der Waals surface area (Å²) in [5, 5.41) is 5.33. The molecule has 4 N–H and O–H groups in total. The third-order valence-corrected chi connectivity index (χ3v) is 3.94. The van der Waals surface area contributed by atoms with E-state index in [2.05, 4.69) is 10.6 Å². The van der Waals surface area contributed by atoms with Gasteiger partial charge in [-0.15, -0.1) is 0 Å². The van der Waals surface area contributed by atoms with Crippen molar-refractivity contribution in [2.75, 3.05) is 18.2 Å². The van der Waals surface area contributed by atoms with Crippen molar-refractivity contribution >= 4 is 29.2 Å². The molecule has 0 spiro atoms. The van der Waals surface area contributed by atoms with Crippen molar-refractivity contribution in [3.8, 4) is 0 Å². The first-order valence-corrected chi connectivity index (χ1v) is 7.63. The molecule has 6 heteroatoms. The molecule has 1 unspecified atom stereocenters. The van der Waals surface area contributed by atoms with Gasteiger partial charge in [-0.05, 0) is 37.3 Å². The molecule has 116 valence electrons. The molecule has 2 aromatic carbocycles. The highest BCUT2D eigenvalue weighted by atomic mass is 32.2. The van der Waals surface area contributed by atoms with Crippen LogP contribution in [-0.4, -0.2) is 19.4 Å². The van der Waals surface area contributed by atoms with Crippen LogP contribution in [0.2, 0.25) is 0 Å². The zero-order valence-electron chi connectivity index (χ0n) is 12.5. The van der Waals surface area contributed by atoms with Gasteiger partial charge in [-0.1, -0.05) is 30.0 Å². The maximum absolute atomic E-state index is 11.7. The zero-order chi connectivity index (χ0) is 15.9. The van der Waals surface area contributed by atoms with Crippen LogP contribution in [0.5, 0.6) is 0 Å². The van der Waals surface area contributed by atoms with Gasteiger partial charge in [0.05, 0.1) is 11.4 Å². The van der Waals surface area contributed by atoms with Gasteiger partial charge in [-0.2, -0.15) is 0 Å². The number of anilines is 2. The van der Waals surface area contributed by atoms with Crippen molar-refractivity contribution in [1.82, 2.24) is 5.32 Å². The smallest absolute Gasteiger partial charge is 0.321 e. The summed E-state index contributed by atoms with van der Waals surface area (Å²) in [5.74, 6) is 0. The number of carbonyl (C=O) groups is 1. The molecule has 0 bridgehead atoms. The van der Waals surface area contributed by atoms with Crippen LogP contribution >= 0.6 is 11.8 Å². The van der Waals surface area contributed by atoms with Gasteiger partial charge in [0.25, 0.3) is 0 Å². The van der Waals surface area contributed by atoms with Gasteiger partial charge in [-0.3, -0.25) is 0 Å². The summed E-state index contributed by atoms with van der Waals surface area (Å²) in [6, 6.07) is 15.2. The van der Waals surface area contributed by atoms with Gasteiger partial charge in [0.1, 0.15) is 6.23 Å². The Balaban J connectivity index is 2.02. The summed E-state index contributed by atoms with van der Waals surface area (Å²) in [5.41, 5.74) is 7.08. The summed E-state index contributed by atoms with van der Waals surface area (Å²) >= 11 is 1.62. The predicted molar refractivity (Wildman–Crippen MR) is 90.0 cm³/mol. The Morgan fingerprint density at radius 2 is 1.91 bits per heavy atom. The number of rotatable bonds is 5. The van der Waals surface area contributed by atoms with Crippen LogP contribution in [0.15, 0.2) is 58.3 Å². The fraction of sp³-hybridized carbons (Fsp3) is 0.188. The average molecular weight is 317 g/mol. The predicted octanol–water partition coefficient (Wildman–Crippen LogP) is 3.53. The van der Waals surface area contributed by atoms with Gasteiger partial charge in [0.15, 0.2) is 0 Å². The van der Waals surface area contributed by atoms with Crippen molar-refractivity contribution < 1.29 is 9.53 Å².